The van der Waals surface area contributed by atoms with E-state index >= 15 is 0 Å². The van der Waals surface area contributed by atoms with Gasteiger partial charge in [0.1, 0.15) is 16.2 Å². The molecule has 3 atom stereocenters. The average Bonchev–Trinajstić information content (AvgIpc) is 2.90. The summed E-state index contributed by atoms with van der Waals surface area (Å²) in [5.41, 5.74) is 0. The molecular weight excluding hydrogens is 282 g/mol. The summed E-state index contributed by atoms with van der Waals surface area (Å²) in [6.07, 6.45) is 5.19. The van der Waals surface area contributed by atoms with E-state index in [1.807, 2.05) is 6.07 Å². The van der Waals surface area contributed by atoms with E-state index in [2.05, 4.69) is 38.1 Å². The predicted molar refractivity (Wildman–Crippen MR) is 69.0 cm³/mol. The fourth-order valence-corrected chi connectivity index (χ4v) is 3.10. The van der Waals surface area contributed by atoms with Crippen LogP contribution in [0.4, 0.5) is 5.82 Å². The monoisotopic (exact) mass is 297 g/mol. The summed E-state index contributed by atoms with van der Waals surface area (Å²) >= 11 is 3.42. The Hall–Kier alpha value is -0.680. The van der Waals surface area contributed by atoms with E-state index in [0.717, 1.165) is 29.1 Å². The van der Waals surface area contributed by atoms with Crippen molar-refractivity contribution in [1.82, 2.24) is 9.97 Å². The number of nitrogens with one attached hydrogen (secondary N) is 1. The Bertz CT molecular complexity index is 426. The van der Waals surface area contributed by atoms with Gasteiger partial charge in [0.15, 0.2) is 0 Å². The van der Waals surface area contributed by atoms with Crippen LogP contribution in [-0.2, 0) is 11.2 Å². The van der Waals surface area contributed by atoms with Crippen LogP contribution in [0.5, 0.6) is 0 Å². The van der Waals surface area contributed by atoms with E-state index < -0.39 is 0 Å². The minimum atomic E-state index is 0.374. The highest BCUT2D eigenvalue weighted by molar-refractivity contribution is 9.10. The first-order chi connectivity index (χ1) is 8.24. The van der Waals surface area contributed by atoms with Gasteiger partial charge in [0.05, 0.1) is 18.2 Å². The van der Waals surface area contributed by atoms with Crippen LogP contribution in [-0.4, -0.2) is 28.2 Å². The number of nitrogens with zero attached hydrogens (tertiary/aromatic N) is 2. The minimum Gasteiger partial charge on any atom is -0.373 e. The standard InChI is InChI=1S/C12H16BrN3O/c1-2-11-15-10(13)6-12(16-11)14-8-5-7-3-4-9(8)17-7/h6-9H,2-5H2,1H3,(H,14,15,16). The summed E-state index contributed by atoms with van der Waals surface area (Å²) in [6.45, 7) is 2.06. The van der Waals surface area contributed by atoms with Crippen LogP contribution in [0.1, 0.15) is 32.0 Å². The molecule has 2 fully saturated rings. The molecule has 0 radical (unpaired) electrons. The first-order valence-corrected chi connectivity index (χ1v) is 6.99. The molecule has 2 aliphatic heterocycles. The van der Waals surface area contributed by atoms with Gasteiger partial charge in [-0.1, -0.05) is 6.92 Å². The van der Waals surface area contributed by atoms with Gasteiger partial charge in [-0.05, 0) is 35.2 Å². The quantitative estimate of drug-likeness (QED) is 0.871. The van der Waals surface area contributed by atoms with Gasteiger partial charge in [-0.3, -0.25) is 0 Å². The van der Waals surface area contributed by atoms with Gasteiger partial charge in [-0.15, -0.1) is 0 Å². The Morgan fingerprint density at radius 1 is 1.47 bits per heavy atom. The number of aromatic nitrogens is 2. The van der Waals surface area contributed by atoms with Crippen LogP contribution < -0.4 is 5.32 Å². The number of fused-ring (bicyclic) bond motifs is 2. The van der Waals surface area contributed by atoms with Crippen LogP contribution in [0.2, 0.25) is 0 Å². The van der Waals surface area contributed by atoms with E-state index in [4.69, 9.17) is 4.74 Å². The van der Waals surface area contributed by atoms with Gasteiger partial charge in [0, 0.05) is 12.5 Å². The van der Waals surface area contributed by atoms with Gasteiger partial charge in [0.25, 0.3) is 0 Å². The molecule has 2 saturated heterocycles. The Balaban J connectivity index is 1.74. The molecule has 0 spiro atoms. The number of halogens is 1. The molecule has 3 unspecified atom stereocenters. The molecule has 1 aromatic rings. The lowest BCUT2D eigenvalue weighted by atomic mass is 9.95. The predicted octanol–water partition coefficient (Wildman–Crippen LogP) is 2.53. The second-order valence-electron chi connectivity index (χ2n) is 4.71. The third kappa shape index (κ3) is 2.31. The molecule has 3 heterocycles. The second-order valence-corrected chi connectivity index (χ2v) is 5.52. The first kappa shape index (κ1) is 11.4. The molecule has 0 saturated carbocycles. The van der Waals surface area contributed by atoms with Crippen molar-refractivity contribution >= 4 is 21.7 Å². The molecule has 1 aromatic heterocycles. The Kier molecular flexibility index (Phi) is 3.04. The molecule has 0 amide bonds. The maximum Gasteiger partial charge on any atom is 0.131 e. The van der Waals surface area contributed by atoms with E-state index in [1.54, 1.807) is 0 Å². The Morgan fingerprint density at radius 3 is 3.00 bits per heavy atom. The SMILES string of the molecule is CCc1nc(Br)cc(NC2CC3CCC2O3)n1. The minimum absolute atomic E-state index is 0.374. The van der Waals surface area contributed by atoms with Crippen molar-refractivity contribution in [2.24, 2.45) is 0 Å². The van der Waals surface area contributed by atoms with Crippen LogP contribution in [0.25, 0.3) is 0 Å². The van der Waals surface area contributed by atoms with Gasteiger partial charge in [-0.2, -0.15) is 0 Å². The first-order valence-electron chi connectivity index (χ1n) is 6.20. The highest BCUT2D eigenvalue weighted by Gasteiger charge is 2.40. The van der Waals surface area contributed by atoms with E-state index in [-0.39, 0.29) is 0 Å². The lowest BCUT2D eigenvalue weighted by Crippen LogP contribution is -2.30. The lowest BCUT2D eigenvalue weighted by molar-refractivity contribution is 0.102. The fraction of sp³-hybridized carbons (Fsp3) is 0.667. The molecule has 4 nitrogen and oxygen atoms in total. The molecule has 3 rings (SSSR count). The van der Waals surface area contributed by atoms with E-state index in [0.29, 0.717) is 18.2 Å². The molecule has 1 N–H and O–H groups in total. The smallest absolute Gasteiger partial charge is 0.131 e. The fourth-order valence-electron chi connectivity index (χ4n) is 2.68. The number of rotatable bonds is 3. The van der Waals surface area contributed by atoms with Crippen molar-refractivity contribution in [3.63, 3.8) is 0 Å². The topological polar surface area (TPSA) is 47.0 Å². The van der Waals surface area contributed by atoms with Crippen molar-refractivity contribution in [3.8, 4) is 0 Å². The number of aryl methyl sites for hydroxylation is 1. The molecule has 92 valence electrons. The van der Waals surface area contributed by atoms with Crippen molar-refractivity contribution in [2.75, 3.05) is 5.32 Å². The molecule has 0 aliphatic carbocycles. The zero-order chi connectivity index (χ0) is 11.8. The van der Waals surface area contributed by atoms with E-state index in [1.165, 1.54) is 12.8 Å². The normalized spacial score (nSPS) is 30.8. The van der Waals surface area contributed by atoms with Gasteiger partial charge in [-0.25, -0.2) is 9.97 Å². The highest BCUT2D eigenvalue weighted by atomic mass is 79.9. The van der Waals surface area contributed by atoms with Crippen molar-refractivity contribution in [1.29, 1.82) is 0 Å². The lowest BCUT2D eigenvalue weighted by Gasteiger charge is -2.20. The van der Waals surface area contributed by atoms with Crippen LogP contribution in [0.15, 0.2) is 10.7 Å². The largest absolute Gasteiger partial charge is 0.373 e. The van der Waals surface area contributed by atoms with Gasteiger partial charge < -0.3 is 10.1 Å². The molecule has 2 aliphatic rings. The summed E-state index contributed by atoms with van der Waals surface area (Å²) in [5, 5.41) is 3.48. The van der Waals surface area contributed by atoms with Crippen molar-refractivity contribution in [2.45, 2.75) is 50.9 Å². The number of hydrogen-bond acceptors (Lipinski definition) is 4. The summed E-state index contributed by atoms with van der Waals surface area (Å²) in [5.74, 6) is 1.77. The summed E-state index contributed by atoms with van der Waals surface area (Å²) in [4.78, 5) is 8.80. The summed E-state index contributed by atoms with van der Waals surface area (Å²) < 4.78 is 6.67. The van der Waals surface area contributed by atoms with E-state index in [9.17, 15) is 0 Å². The maximum atomic E-state index is 5.83. The second kappa shape index (κ2) is 4.53. The maximum absolute atomic E-state index is 5.83. The zero-order valence-corrected chi connectivity index (χ0v) is 11.4. The van der Waals surface area contributed by atoms with Crippen LogP contribution in [0.3, 0.4) is 0 Å². The molecular formula is C12H16BrN3O. The third-order valence-corrected chi connectivity index (χ3v) is 3.90. The Labute approximate surface area is 109 Å². The molecule has 0 aromatic carbocycles. The molecule has 5 heteroatoms. The van der Waals surface area contributed by atoms with Gasteiger partial charge in [0.2, 0.25) is 0 Å². The van der Waals surface area contributed by atoms with Crippen LogP contribution in [0, 0.1) is 0 Å². The van der Waals surface area contributed by atoms with Crippen molar-refractivity contribution in [3.05, 3.63) is 16.5 Å². The summed E-state index contributed by atoms with van der Waals surface area (Å²) in [6, 6.07) is 2.35. The number of ether oxygens (including phenoxy) is 1. The highest BCUT2D eigenvalue weighted by Crippen LogP contribution is 2.35. The third-order valence-electron chi connectivity index (χ3n) is 3.50. The number of anilines is 1. The molecule has 17 heavy (non-hydrogen) atoms. The zero-order valence-electron chi connectivity index (χ0n) is 9.82. The van der Waals surface area contributed by atoms with Gasteiger partial charge >= 0.3 is 0 Å². The van der Waals surface area contributed by atoms with Crippen molar-refractivity contribution < 1.29 is 4.74 Å². The Morgan fingerprint density at radius 2 is 2.35 bits per heavy atom. The molecule has 2 bridgehead atoms. The van der Waals surface area contributed by atoms with Crippen LogP contribution >= 0.6 is 15.9 Å². The number of hydrogen-bond donors (Lipinski definition) is 1. The average molecular weight is 298 g/mol. The summed E-state index contributed by atoms with van der Waals surface area (Å²) in [7, 11) is 0.